The van der Waals surface area contributed by atoms with Gasteiger partial charge in [-0.1, -0.05) is 0 Å². The van der Waals surface area contributed by atoms with Crippen molar-refractivity contribution in [3.05, 3.63) is 0 Å². The van der Waals surface area contributed by atoms with E-state index in [1.807, 2.05) is 10.6 Å². The minimum absolute atomic E-state index is 0.00682. The minimum Gasteiger partial charge on any atom is -0.480 e. The fourth-order valence-corrected chi connectivity index (χ4v) is 3.46. The maximum absolute atomic E-state index is 12.3. The molecule has 0 aliphatic heterocycles. The average Bonchev–Trinajstić information content (AvgIpc) is 2.92. The average molecular weight is 669 g/mol. The number of carboxylic acids is 2. The third-order valence-corrected chi connectivity index (χ3v) is 5.68. The van der Waals surface area contributed by atoms with Crippen LogP contribution in [0.25, 0.3) is 0 Å². The fraction of sp³-hybridized carbons (Fsp3) is 0.786. The fourth-order valence-electron chi connectivity index (χ4n) is 3.46. The summed E-state index contributed by atoms with van der Waals surface area (Å²) in [5, 5.41) is 67.6. The first-order valence-electron chi connectivity index (χ1n) is 15.6. The summed E-state index contributed by atoms with van der Waals surface area (Å²) in [6.07, 6.45) is -12.2. The molecule has 0 aromatic rings. The van der Waals surface area contributed by atoms with Crippen molar-refractivity contribution in [3.8, 4) is 0 Å². The summed E-state index contributed by atoms with van der Waals surface area (Å²) in [6, 6.07) is -2.71. The molecule has 0 aromatic carbocycles. The zero-order valence-corrected chi connectivity index (χ0v) is 26.8. The molecule has 18 nitrogen and oxygen atoms in total. The van der Waals surface area contributed by atoms with E-state index in [-0.39, 0.29) is 38.5 Å². The molecule has 4 amide bonds. The highest BCUT2D eigenvalue weighted by atomic mass is 16.6. The molecule has 0 saturated carbocycles. The molecule has 18 heteroatoms. The molecule has 0 bridgehead atoms. The Morgan fingerprint density at radius 3 is 1.17 bits per heavy atom. The lowest BCUT2D eigenvalue weighted by molar-refractivity contribution is -0.155. The lowest BCUT2D eigenvalue weighted by Crippen LogP contribution is -2.54. The molecule has 0 aliphatic carbocycles. The maximum Gasteiger partial charge on any atom is 0.408 e. The van der Waals surface area contributed by atoms with Gasteiger partial charge in [-0.3, -0.25) is 9.59 Å². The number of hydrogen-bond acceptors (Lipinski definition) is 12. The van der Waals surface area contributed by atoms with Crippen molar-refractivity contribution in [1.29, 1.82) is 0 Å². The van der Waals surface area contributed by atoms with Crippen molar-refractivity contribution in [3.63, 3.8) is 0 Å². The quantitative estimate of drug-likeness (QED) is 0.0787. The largest absolute Gasteiger partial charge is 0.480 e. The number of aliphatic hydroxyl groups excluding tert-OH is 4. The monoisotopic (exact) mass is 668 g/mol. The van der Waals surface area contributed by atoms with E-state index in [9.17, 15) is 59.4 Å². The molecule has 0 aromatic heterocycles. The van der Waals surface area contributed by atoms with E-state index in [1.54, 1.807) is 41.5 Å². The predicted octanol–water partition coefficient (Wildman–Crippen LogP) is -1.04. The molecule has 0 fully saturated rings. The second-order valence-electron chi connectivity index (χ2n) is 12.2. The van der Waals surface area contributed by atoms with E-state index < -0.39 is 96.7 Å². The molecular formula is C28H50N4O14. The van der Waals surface area contributed by atoms with Crippen molar-refractivity contribution in [2.24, 2.45) is 0 Å². The van der Waals surface area contributed by atoms with Gasteiger partial charge < -0.3 is 61.4 Å². The van der Waals surface area contributed by atoms with Crippen LogP contribution in [0.5, 0.6) is 0 Å². The Kier molecular flexibility index (Phi) is 16.5. The highest BCUT2D eigenvalue weighted by Gasteiger charge is 2.37. The summed E-state index contributed by atoms with van der Waals surface area (Å²) in [5.74, 6) is -5.44. The van der Waals surface area contributed by atoms with Crippen LogP contribution in [0.2, 0.25) is 0 Å². The molecule has 0 radical (unpaired) electrons. The Bertz CT molecular complexity index is 1020. The van der Waals surface area contributed by atoms with E-state index in [0.29, 0.717) is 0 Å². The predicted molar refractivity (Wildman–Crippen MR) is 159 cm³/mol. The highest BCUT2D eigenvalue weighted by molar-refractivity contribution is 5.83. The first-order valence-corrected chi connectivity index (χ1v) is 14.5. The molecular weight excluding hydrogens is 616 g/mol. The number of hydrogen-bond donors (Lipinski definition) is 10. The summed E-state index contributed by atoms with van der Waals surface area (Å²) < 4.78 is 25.8. The molecule has 0 spiro atoms. The number of ether oxygens (including phenoxy) is 2. The number of amides is 4. The van der Waals surface area contributed by atoms with E-state index in [4.69, 9.17) is 12.2 Å². The number of aliphatic hydroxyl groups is 4. The van der Waals surface area contributed by atoms with Gasteiger partial charge in [0.2, 0.25) is 0 Å². The van der Waals surface area contributed by atoms with Crippen LogP contribution in [0, 0.1) is 0 Å². The molecule has 10 N–H and O–H groups in total. The number of nitrogens with one attached hydrogen (secondary N) is 4. The van der Waals surface area contributed by atoms with E-state index in [1.165, 1.54) is 0 Å². The summed E-state index contributed by atoms with van der Waals surface area (Å²) in [4.78, 5) is 71.2. The van der Waals surface area contributed by atoms with E-state index in [2.05, 4.69) is 10.6 Å². The van der Waals surface area contributed by atoms with E-state index >= 15 is 0 Å². The zero-order chi connectivity index (χ0) is 37.6. The Hall–Kier alpha value is -3.74. The van der Waals surface area contributed by atoms with Gasteiger partial charge in [-0.2, -0.15) is 0 Å². The van der Waals surface area contributed by atoms with Crippen LogP contribution >= 0.6 is 0 Å². The molecule has 0 heterocycles. The summed E-state index contributed by atoms with van der Waals surface area (Å²) in [6.45, 7) is 6.67. The smallest absolute Gasteiger partial charge is 0.408 e. The number of carbonyl (C=O) groups excluding carboxylic acids is 4. The van der Waals surface area contributed by atoms with Gasteiger partial charge >= 0.3 is 24.1 Å². The summed E-state index contributed by atoms with van der Waals surface area (Å²) in [5.41, 5.74) is -1.74. The molecule has 0 saturated heterocycles. The van der Waals surface area contributed by atoms with Crippen LogP contribution in [0.15, 0.2) is 0 Å². The highest BCUT2D eigenvalue weighted by Crippen LogP contribution is 2.11. The number of alkyl carbamates (subject to hydrolysis) is 2. The number of carbonyl (C=O) groups is 6. The van der Waals surface area contributed by atoms with Crippen molar-refractivity contribution < 1.29 is 71.6 Å². The molecule has 46 heavy (non-hydrogen) atoms. The van der Waals surface area contributed by atoms with Crippen molar-refractivity contribution in [2.45, 2.75) is 128 Å². The Balaban J connectivity index is 4.81. The first-order chi connectivity index (χ1) is 21.8. The second kappa shape index (κ2) is 19.7. The lowest BCUT2D eigenvalue weighted by Gasteiger charge is -2.25. The zero-order valence-electron chi connectivity index (χ0n) is 28.8. The topological polar surface area (TPSA) is 290 Å². The Morgan fingerprint density at radius 2 is 0.913 bits per heavy atom. The molecule has 0 rings (SSSR count). The SMILES string of the molecule is [2H]C(CCC[C@H](NC(=O)OC(C)(C)C)C(=O)O)NC(=O)[C@@H](O)[C@@H](O)[C@H](O)[C@@H](O)C(=O)NC([2H])CCC[C@H](NC(=O)OC(C)(C)C)C(=O)O. The number of rotatable bonds is 19. The van der Waals surface area contributed by atoms with Crippen molar-refractivity contribution in [2.75, 3.05) is 13.0 Å². The molecule has 8 atom stereocenters. The number of aliphatic carboxylic acids is 2. The van der Waals surface area contributed by atoms with Gasteiger partial charge in [-0.25, -0.2) is 19.2 Å². The van der Waals surface area contributed by atoms with Crippen LogP contribution in [0.4, 0.5) is 9.59 Å². The first kappa shape index (κ1) is 38.4. The Labute approximate surface area is 270 Å². The Morgan fingerprint density at radius 1 is 0.609 bits per heavy atom. The molecule has 0 aliphatic rings. The van der Waals surface area contributed by atoms with E-state index in [0.717, 1.165) is 0 Å². The second-order valence-corrected chi connectivity index (χ2v) is 12.2. The minimum atomic E-state index is -2.42. The van der Waals surface area contributed by atoms with Gasteiger partial charge in [0.1, 0.15) is 35.5 Å². The van der Waals surface area contributed by atoms with Gasteiger partial charge in [0, 0.05) is 15.8 Å². The van der Waals surface area contributed by atoms with Gasteiger partial charge in [0.25, 0.3) is 11.8 Å². The third kappa shape index (κ3) is 18.3. The summed E-state index contributed by atoms with van der Waals surface area (Å²) in [7, 11) is 0. The van der Waals surface area contributed by atoms with Gasteiger partial charge in [-0.15, -0.1) is 0 Å². The van der Waals surface area contributed by atoms with Crippen LogP contribution in [-0.4, -0.2) is 127 Å². The van der Waals surface area contributed by atoms with Crippen LogP contribution in [0.3, 0.4) is 0 Å². The lowest BCUT2D eigenvalue weighted by atomic mass is 10.0. The number of carboxylic acid groups (broad SMARTS) is 2. The standard InChI is InChI=1S/C28H50N4O14/c1-27(2,3)45-25(43)31-15(23(39)40)11-7-9-13-29-21(37)19(35)17(33)18(34)20(36)22(38)30-14-10-8-12-16(24(41)42)32-26(44)46-28(4,5)6/h15-20,33-36H,7-14H2,1-6H3,(H,29,37)(H,30,38)(H,31,43)(H,32,44)(H,39,40)(H,41,42)/t15-,16-,17-,18-,19-,20+/m0/s1/i13D,14D/t13?,14?,15-,16-,17-,18-,19-,20+. The normalized spacial score (nSPS) is 17.6. The van der Waals surface area contributed by atoms with Gasteiger partial charge in [-0.05, 0) is 80.1 Å². The molecule has 2 unspecified atom stereocenters. The summed E-state index contributed by atoms with van der Waals surface area (Å²) >= 11 is 0. The van der Waals surface area contributed by atoms with Crippen LogP contribution in [-0.2, 0) is 28.7 Å². The maximum atomic E-state index is 12.3. The van der Waals surface area contributed by atoms with Crippen molar-refractivity contribution in [1.82, 2.24) is 21.3 Å². The third-order valence-electron chi connectivity index (χ3n) is 5.68. The van der Waals surface area contributed by atoms with Gasteiger partial charge in [0.05, 0.1) is 0 Å². The van der Waals surface area contributed by atoms with Gasteiger partial charge in [0.15, 0.2) is 12.2 Å². The van der Waals surface area contributed by atoms with Crippen molar-refractivity contribution >= 4 is 35.9 Å². The van der Waals surface area contributed by atoms with Crippen LogP contribution in [0.1, 0.15) is 82.8 Å². The molecule has 266 valence electrons. The van der Waals surface area contributed by atoms with Crippen LogP contribution < -0.4 is 21.3 Å².